The Bertz CT molecular complexity index is 661. The van der Waals surface area contributed by atoms with Gasteiger partial charge in [0.05, 0.1) is 12.1 Å². The number of nitrogens with one attached hydrogen (secondary N) is 1. The topological polar surface area (TPSA) is 41.6 Å². The molecule has 2 aromatic rings. The first-order valence-electron chi connectivity index (χ1n) is 7.40. The van der Waals surface area contributed by atoms with Gasteiger partial charge in [0.25, 0.3) is 0 Å². The number of methoxy groups -OCH3 is 1. The maximum absolute atomic E-state index is 12.5. The van der Waals surface area contributed by atoms with Gasteiger partial charge in [-0.3, -0.25) is 4.79 Å². The lowest BCUT2D eigenvalue weighted by atomic mass is 10.2. The van der Waals surface area contributed by atoms with Crippen molar-refractivity contribution in [3.63, 3.8) is 0 Å². The summed E-state index contributed by atoms with van der Waals surface area (Å²) in [6, 6.07) is 14.9. The average molecular weight is 333 g/mol. The van der Waals surface area contributed by atoms with E-state index in [-0.39, 0.29) is 11.9 Å². The molecule has 0 aromatic heterocycles. The largest absolute Gasteiger partial charge is 0.495 e. The smallest absolute Gasteiger partial charge is 0.244 e. The van der Waals surface area contributed by atoms with Crippen LogP contribution in [0.5, 0.6) is 5.75 Å². The number of hydrogen-bond acceptors (Lipinski definition) is 3. The summed E-state index contributed by atoms with van der Waals surface area (Å²) in [7, 11) is 3.37. The summed E-state index contributed by atoms with van der Waals surface area (Å²) in [6.07, 6.45) is 0. The average Bonchev–Trinajstić information content (AvgIpc) is 2.55. The van der Waals surface area contributed by atoms with Crippen molar-refractivity contribution in [1.82, 2.24) is 4.90 Å². The lowest BCUT2D eigenvalue weighted by molar-refractivity contribution is -0.130. The molecule has 0 aliphatic carbocycles. The van der Waals surface area contributed by atoms with Crippen LogP contribution in [-0.4, -0.2) is 31.0 Å². The zero-order valence-corrected chi connectivity index (χ0v) is 14.3. The van der Waals surface area contributed by atoms with Crippen molar-refractivity contribution in [3.8, 4) is 5.75 Å². The van der Waals surface area contributed by atoms with Crippen LogP contribution in [-0.2, 0) is 11.3 Å². The number of nitrogens with zero attached hydrogens (tertiary/aromatic N) is 1. The van der Waals surface area contributed by atoms with Crippen molar-refractivity contribution in [2.75, 3.05) is 19.5 Å². The minimum absolute atomic E-state index is 0.0146. The van der Waals surface area contributed by atoms with Crippen LogP contribution in [0.4, 0.5) is 5.69 Å². The molecule has 0 aliphatic heterocycles. The molecule has 2 aromatic carbocycles. The second kappa shape index (κ2) is 7.88. The quantitative estimate of drug-likeness (QED) is 0.874. The number of rotatable bonds is 6. The highest BCUT2D eigenvalue weighted by atomic mass is 35.5. The zero-order chi connectivity index (χ0) is 16.8. The molecule has 0 saturated heterocycles. The molecule has 4 nitrogen and oxygen atoms in total. The molecule has 1 unspecified atom stereocenters. The van der Waals surface area contributed by atoms with Crippen LogP contribution in [0.3, 0.4) is 0 Å². The lowest BCUT2D eigenvalue weighted by Gasteiger charge is -2.23. The molecule has 0 fully saturated rings. The molecule has 122 valence electrons. The number of likely N-dealkylation sites (N-methyl/N-ethyl adjacent to an activating group) is 1. The standard InChI is InChI=1S/C18H21ClN2O2/c1-13(20-15-9-10-17(23-3)16(19)11-15)18(22)21(2)12-14-7-5-4-6-8-14/h4-11,13,20H,12H2,1-3H3. The molecule has 0 aliphatic rings. The van der Waals surface area contributed by atoms with Crippen LogP contribution in [0.25, 0.3) is 0 Å². The van der Waals surface area contributed by atoms with E-state index in [0.29, 0.717) is 17.3 Å². The van der Waals surface area contributed by atoms with Gasteiger partial charge in [-0.05, 0) is 30.7 Å². The summed E-state index contributed by atoms with van der Waals surface area (Å²) in [5.41, 5.74) is 1.88. The summed E-state index contributed by atoms with van der Waals surface area (Å²) in [5, 5.41) is 3.68. The normalized spacial score (nSPS) is 11.7. The van der Waals surface area contributed by atoms with Gasteiger partial charge in [0.2, 0.25) is 5.91 Å². The number of ether oxygens (including phenoxy) is 1. The molecule has 0 spiro atoms. The van der Waals surface area contributed by atoms with E-state index < -0.39 is 0 Å². The van der Waals surface area contributed by atoms with Crippen LogP contribution < -0.4 is 10.1 Å². The van der Waals surface area contributed by atoms with E-state index in [2.05, 4.69) is 5.32 Å². The first-order valence-corrected chi connectivity index (χ1v) is 7.78. The Kier molecular flexibility index (Phi) is 5.88. The van der Waals surface area contributed by atoms with E-state index in [0.717, 1.165) is 11.3 Å². The number of benzene rings is 2. The van der Waals surface area contributed by atoms with E-state index in [9.17, 15) is 4.79 Å². The molecule has 1 amide bonds. The molecule has 23 heavy (non-hydrogen) atoms. The minimum atomic E-state index is -0.354. The van der Waals surface area contributed by atoms with Crippen LogP contribution in [0.1, 0.15) is 12.5 Å². The lowest BCUT2D eigenvalue weighted by Crippen LogP contribution is -2.38. The molecule has 0 radical (unpaired) electrons. The Morgan fingerprint density at radius 2 is 1.96 bits per heavy atom. The van der Waals surface area contributed by atoms with Gasteiger partial charge in [0, 0.05) is 19.3 Å². The van der Waals surface area contributed by atoms with Gasteiger partial charge in [-0.25, -0.2) is 0 Å². The van der Waals surface area contributed by atoms with Crippen molar-refractivity contribution >= 4 is 23.2 Å². The highest BCUT2D eigenvalue weighted by Crippen LogP contribution is 2.27. The summed E-state index contributed by atoms with van der Waals surface area (Å²) in [6.45, 7) is 2.41. The van der Waals surface area contributed by atoms with Gasteiger partial charge in [-0.1, -0.05) is 41.9 Å². The summed E-state index contributed by atoms with van der Waals surface area (Å²) in [4.78, 5) is 14.2. The zero-order valence-electron chi connectivity index (χ0n) is 13.5. The number of hydrogen-bond donors (Lipinski definition) is 1. The number of halogens is 1. The van der Waals surface area contributed by atoms with Gasteiger partial charge in [0.15, 0.2) is 0 Å². The summed E-state index contributed by atoms with van der Waals surface area (Å²) >= 11 is 6.10. The SMILES string of the molecule is COc1ccc(NC(C)C(=O)N(C)Cc2ccccc2)cc1Cl. The molecular formula is C18H21ClN2O2. The maximum Gasteiger partial charge on any atom is 0.244 e. The number of anilines is 1. The number of carbonyl (C=O) groups is 1. The van der Waals surface area contributed by atoms with Crippen molar-refractivity contribution in [2.45, 2.75) is 19.5 Å². The molecule has 2 rings (SSSR count). The Labute approximate surface area is 142 Å². The van der Waals surface area contributed by atoms with Gasteiger partial charge in [-0.2, -0.15) is 0 Å². The Morgan fingerprint density at radius 1 is 1.26 bits per heavy atom. The molecule has 0 saturated carbocycles. The van der Waals surface area contributed by atoms with E-state index >= 15 is 0 Å². The summed E-state index contributed by atoms with van der Waals surface area (Å²) in [5.74, 6) is 0.623. The minimum Gasteiger partial charge on any atom is -0.495 e. The van der Waals surface area contributed by atoms with Crippen molar-refractivity contribution < 1.29 is 9.53 Å². The molecule has 0 heterocycles. The van der Waals surface area contributed by atoms with Gasteiger partial charge in [0.1, 0.15) is 11.8 Å². The van der Waals surface area contributed by atoms with Crippen molar-refractivity contribution in [2.24, 2.45) is 0 Å². The van der Waals surface area contributed by atoms with Crippen molar-refractivity contribution in [1.29, 1.82) is 0 Å². The molecule has 1 atom stereocenters. The highest BCUT2D eigenvalue weighted by molar-refractivity contribution is 6.32. The van der Waals surface area contributed by atoms with Crippen LogP contribution in [0, 0.1) is 0 Å². The van der Waals surface area contributed by atoms with E-state index in [1.54, 1.807) is 31.2 Å². The third-order valence-corrected chi connectivity index (χ3v) is 3.84. The third-order valence-electron chi connectivity index (χ3n) is 3.54. The van der Waals surface area contributed by atoms with Crippen LogP contribution >= 0.6 is 11.6 Å². The Balaban J connectivity index is 1.98. The molecule has 5 heteroatoms. The predicted molar refractivity (Wildman–Crippen MR) is 94.0 cm³/mol. The van der Waals surface area contributed by atoms with Crippen molar-refractivity contribution in [3.05, 3.63) is 59.1 Å². The number of amides is 1. The van der Waals surface area contributed by atoms with Crippen LogP contribution in [0.2, 0.25) is 5.02 Å². The summed E-state index contributed by atoms with van der Waals surface area (Å²) < 4.78 is 5.12. The van der Waals surface area contributed by atoms with Gasteiger partial charge < -0.3 is 15.0 Å². The maximum atomic E-state index is 12.5. The molecule has 1 N–H and O–H groups in total. The molecular weight excluding hydrogens is 312 g/mol. The fourth-order valence-electron chi connectivity index (χ4n) is 2.33. The highest BCUT2D eigenvalue weighted by Gasteiger charge is 2.17. The van der Waals surface area contributed by atoms with Gasteiger partial charge in [-0.15, -0.1) is 0 Å². The monoisotopic (exact) mass is 332 g/mol. The molecule has 0 bridgehead atoms. The predicted octanol–water partition coefficient (Wildman–Crippen LogP) is 3.81. The number of carbonyl (C=O) groups excluding carboxylic acids is 1. The second-order valence-corrected chi connectivity index (χ2v) is 5.80. The van der Waals surface area contributed by atoms with E-state index in [1.807, 2.05) is 43.3 Å². The first-order chi connectivity index (χ1) is 11.0. The van der Waals surface area contributed by atoms with E-state index in [1.165, 1.54) is 0 Å². The Hall–Kier alpha value is -2.20. The fourth-order valence-corrected chi connectivity index (χ4v) is 2.59. The van der Waals surface area contributed by atoms with Crippen LogP contribution in [0.15, 0.2) is 48.5 Å². The van der Waals surface area contributed by atoms with E-state index in [4.69, 9.17) is 16.3 Å². The van der Waals surface area contributed by atoms with Gasteiger partial charge >= 0.3 is 0 Å². The third kappa shape index (κ3) is 4.63. The Morgan fingerprint density at radius 3 is 2.57 bits per heavy atom. The fraction of sp³-hybridized carbons (Fsp3) is 0.278. The first kappa shape index (κ1) is 17.2. The second-order valence-electron chi connectivity index (χ2n) is 5.40.